The fraction of sp³-hybridized carbons (Fsp3) is 0.673. The summed E-state index contributed by atoms with van der Waals surface area (Å²) in [5, 5.41) is 50.2. The van der Waals surface area contributed by atoms with Crippen LogP contribution in [0.3, 0.4) is 0 Å². The van der Waals surface area contributed by atoms with Crippen molar-refractivity contribution in [3.8, 4) is 0 Å². The quantitative estimate of drug-likeness (QED) is 0.0149. The van der Waals surface area contributed by atoms with Crippen molar-refractivity contribution < 1.29 is 63.1 Å². The number of carbonyl (C=O) groups is 2. The molecule has 1 aliphatic rings. The van der Waals surface area contributed by atoms with Crippen molar-refractivity contribution in [2.24, 2.45) is 0 Å². The van der Waals surface area contributed by atoms with Gasteiger partial charge in [-0.15, -0.1) is 0 Å². The summed E-state index contributed by atoms with van der Waals surface area (Å²) in [5.41, 5.74) is 0. The molecule has 0 radical (unpaired) electrons. The maximum atomic E-state index is 12.8. The third-order valence-electron chi connectivity index (χ3n) is 10.2. The number of hydrogen-bond acceptors (Lipinski definition) is 12. The summed E-state index contributed by atoms with van der Waals surface area (Å²) in [5.74, 6) is -1.21. The van der Waals surface area contributed by atoms with Crippen LogP contribution in [0.2, 0.25) is 0 Å². The zero-order valence-corrected chi connectivity index (χ0v) is 39.0. The highest BCUT2D eigenvalue weighted by Gasteiger charge is 2.51. The molecule has 6 N–H and O–H groups in total. The lowest BCUT2D eigenvalue weighted by Gasteiger charge is -2.41. The minimum absolute atomic E-state index is 0.0328. The molecular weight excluding hydrogens is 828 g/mol. The van der Waals surface area contributed by atoms with E-state index in [-0.39, 0.29) is 12.8 Å². The van der Waals surface area contributed by atoms with Gasteiger partial charge in [0.25, 0.3) is 0 Å². The van der Waals surface area contributed by atoms with Crippen LogP contribution in [0.5, 0.6) is 0 Å². The number of hydrogen-bond donors (Lipinski definition) is 6. The van der Waals surface area contributed by atoms with E-state index < -0.39 is 75.7 Å². The number of phosphoric acid groups is 1. The van der Waals surface area contributed by atoms with Crippen LogP contribution in [0, 0.1) is 0 Å². The van der Waals surface area contributed by atoms with Gasteiger partial charge in [0.05, 0.1) is 6.61 Å². The summed E-state index contributed by atoms with van der Waals surface area (Å²) in [6.45, 7) is 3.08. The van der Waals surface area contributed by atoms with Gasteiger partial charge in [-0.3, -0.25) is 18.6 Å². The van der Waals surface area contributed by atoms with Crippen LogP contribution in [0.4, 0.5) is 0 Å². The summed E-state index contributed by atoms with van der Waals surface area (Å²) in [6.07, 6.45) is 36.5. The van der Waals surface area contributed by atoms with Crippen molar-refractivity contribution in [2.45, 2.75) is 198 Å². The van der Waals surface area contributed by atoms with Crippen LogP contribution < -0.4 is 0 Å². The highest BCUT2D eigenvalue weighted by Crippen LogP contribution is 2.47. The lowest BCUT2D eigenvalue weighted by Crippen LogP contribution is -2.64. The average molecular weight is 909 g/mol. The monoisotopic (exact) mass is 909 g/mol. The summed E-state index contributed by atoms with van der Waals surface area (Å²) >= 11 is 0. The van der Waals surface area contributed by atoms with Gasteiger partial charge in [0.15, 0.2) is 6.10 Å². The summed E-state index contributed by atoms with van der Waals surface area (Å²) in [6, 6.07) is 0. The first-order valence-electron chi connectivity index (χ1n) is 23.4. The van der Waals surface area contributed by atoms with Crippen molar-refractivity contribution >= 4 is 19.8 Å². The second-order valence-electron chi connectivity index (χ2n) is 15.9. The van der Waals surface area contributed by atoms with E-state index in [0.29, 0.717) is 19.3 Å². The van der Waals surface area contributed by atoms with Gasteiger partial charge >= 0.3 is 19.8 Å². The minimum Gasteiger partial charge on any atom is -0.462 e. The Hall–Kier alpha value is -2.97. The standard InChI is InChI=1S/C49H81O13P/c1-3-5-7-9-11-13-15-17-19-20-21-22-24-26-28-30-32-34-36-38-43(51)61-41(40-60-63(57,58)62-49-47(55)45(53)44(52)46(54)48(49)56)39-59-42(50)37-35-33-31-29-27-25-23-18-16-14-12-10-8-6-4-2/h5,7,10-13,17,19,21-22,26,28,32,34,41,44-49,52-56H,3-4,6,8-9,14-16,18,20,23-25,27,29-31,33,35-40H2,1-2H3,(H,57,58)/b7-5+,12-10+,13-11+,19-17+,22-21+,28-26+,34-32+/t41-,44?,45-,46?,47?,48?,49?/m1/s1. The molecule has 0 amide bonds. The Kier molecular flexibility index (Phi) is 35.3. The number of ether oxygens (including phenoxy) is 2. The van der Waals surface area contributed by atoms with Crippen LogP contribution in [0.1, 0.15) is 155 Å². The Labute approximate surface area is 378 Å². The number of rotatable bonds is 37. The van der Waals surface area contributed by atoms with Crippen molar-refractivity contribution in [1.29, 1.82) is 0 Å². The Morgan fingerprint density at radius 3 is 1.44 bits per heavy atom. The number of carbonyl (C=O) groups excluding carboxylic acids is 2. The number of aliphatic hydroxyl groups is 5. The van der Waals surface area contributed by atoms with E-state index in [2.05, 4.69) is 80.7 Å². The topological polar surface area (TPSA) is 210 Å². The van der Waals surface area contributed by atoms with E-state index in [1.807, 2.05) is 18.2 Å². The fourth-order valence-electron chi connectivity index (χ4n) is 6.47. The highest BCUT2D eigenvalue weighted by atomic mass is 31.2. The van der Waals surface area contributed by atoms with E-state index in [0.717, 1.165) is 64.2 Å². The van der Waals surface area contributed by atoms with Crippen LogP contribution in [0.25, 0.3) is 0 Å². The molecule has 360 valence electrons. The number of aliphatic hydroxyl groups excluding tert-OH is 5. The normalized spacial score (nSPS) is 22.5. The van der Waals surface area contributed by atoms with Crippen LogP contribution >= 0.6 is 7.82 Å². The second kappa shape index (κ2) is 38.3. The van der Waals surface area contributed by atoms with Crippen molar-refractivity contribution in [1.82, 2.24) is 0 Å². The van der Waals surface area contributed by atoms with Gasteiger partial charge in [0, 0.05) is 12.8 Å². The van der Waals surface area contributed by atoms with Gasteiger partial charge in [-0.2, -0.15) is 0 Å². The zero-order valence-electron chi connectivity index (χ0n) is 38.1. The molecule has 1 fully saturated rings. The molecule has 1 saturated carbocycles. The molecule has 14 heteroatoms. The average Bonchev–Trinajstić information content (AvgIpc) is 3.26. The van der Waals surface area contributed by atoms with Crippen molar-refractivity contribution in [2.75, 3.05) is 13.2 Å². The van der Waals surface area contributed by atoms with Crippen molar-refractivity contribution in [3.63, 3.8) is 0 Å². The van der Waals surface area contributed by atoms with Gasteiger partial charge in [0.2, 0.25) is 0 Å². The molecule has 0 aromatic rings. The molecular formula is C49H81O13P. The highest BCUT2D eigenvalue weighted by molar-refractivity contribution is 7.47. The number of phosphoric ester groups is 1. The Morgan fingerprint density at radius 1 is 0.508 bits per heavy atom. The second-order valence-corrected chi connectivity index (χ2v) is 17.3. The van der Waals surface area contributed by atoms with Crippen LogP contribution in [-0.4, -0.2) is 98.3 Å². The van der Waals surface area contributed by atoms with Crippen molar-refractivity contribution in [3.05, 3.63) is 85.1 Å². The first kappa shape index (κ1) is 58.0. The predicted octanol–water partition coefficient (Wildman–Crippen LogP) is 9.28. The van der Waals surface area contributed by atoms with Gasteiger partial charge in [0.1, 0.15) is 43.2 Å². The molecule has 1 aliphatic carbocycles. The van der Waals surface area contributed by atoms with Crippen LogP contribution in [0.15, 0.2) is 85.1 Å². The molecule has 0 bridgehead atoms. The fourth-order valence-corrected chi connectivity index (χ4v) is 7.44. The largest absolute Gasteiger partial charge is 0.472 e. The minimum atomic E-state index is -5.14. The van der Waals surface area contributed by atoms with E-state index in [1.54, 1.807) is 0 Å². The lowest BCUT2D eigenvalue weighted by atomic mass is 9.85. The van der Waals surface area contributed by atoms with Gasteiger partial charge in [-0.25, -0.2) is 4.57 Å². The predicted molar refractivity (Wildman–Crippen MR) is 248 cm³/mol. The van der Waals surface area contributed by atoms with Gasteiger partial charge in [-0.05, 0) is 70.6 Å². The summed E-state index contributed by atoms with van der Waals surface area (Å²) in [7, 11) is -5.14. The Bertz CT molecular complexity index is 1420. The molecule has 6 unspecified atom stereocenters. The summed E-state index contributed by atoms with van der Waals surface area (Å²) in [4.78, 5) is 35.7. The SMILES string of the molecule is CC/C=C/C/C=C/C/C=C/C/C=C/C/C=C/C/C=C/CCC(=O)O[C@H](COC(=O)CCCCCCCCCCC/C=C/CCCC)COP(=O)(O)OC1C(O)C(O)C(O)[C@@H](O)C1O. The maximum Gasteiger partial charge on any atom is 0.472 e. The molecule has 8 atom stereocenters. The molecule has 0 heterocycles. The number of allylic oxidation sites excluding steroid dienone is 14. The summed E-state index contributed by atoms with van der Waals surface area (Å²) < 4.78 is 33.4. The zero-order chi connectivity index (χ0) is 46.4. The van der Waals surface area contributed by atoms with E-state index in [4.69, 9.17) is 18.5 Å². The third-order valence-corrected chi connectivity index (χ3v) is 11.2. The van der Waals surface area contributed by atoms with Crippen LogP contribution in [-0.2, 0) is 32.7 Å². The molecule has 0 saturated heterocycles. The molecule has 1 rings (SSSR count). The molecule has 0 aromatic heterocycles. The van der Waals surface area contributed by atoms with Gasteiger partial charge in [-0.1, -0.05) is 157 Å². The van der Waals surface area contributed by atoms with E-state index in [9.17, 15) is 44.6 Å². The third kappa shape index (κ3) is 30.7. The Morgan fingerprint density at radius 2 is 0.937 bits per heavy atom. The smallest absolute Gasteiger partial charge is 0.462 e. The van der Waals surface area contributed by atoms with E-state index in [1.165, 1.54) is 44.9 Å². The molecule has 13 nitrogen and oxygen atoms in total. The lowest BCUT2D eigenvalue weighted by molar-refractivity contribution is -0.220. The van der Waals surface area contributed by atoms with Gasteiger partial charge < -0.3 is 39.9 Å². The number of unbranched alkanes of at least 4 members (excludes halogenated alkanes) is 11. The first-order chi connectivity index (χ1) is 30.4. The molecule has 0 aromatic carbocycles. The molecule has 0 spiro atoms. The Balaban J connectivity index is 2.52. The molecule has 0 aliphatic heterocycles. The van der Waals surface area contributed by atoms with E-state index >= 15 is 0 Å². The first-order valence-corrected chi connectivity index (χ1v) is 24.9. The maximum absolute atomic E-state index is 12.8. The number of esters is 2. The molecule has 63 heavy (non-hydrogen) atoms.